The molecule has 0 amide bonds. The summed E-state index contributed by atoms with van der Waals surface area (Å²) >= 11 is 0. The van der Waals surface area contributed by atoms with Crippen LogP contribution in [0.2, 0.25) is 0 Å². The largest absolute Gasteiger partial charge is 0.390 e. The first-order chi connectivity index (χ1) is 3.66. The van der Waals surface area contributed by atoms with Gasteiger partial charge in [0.15, 0.2) is 0 Å². The molecule has 4 N–H and O–H groups in total. The topological polar surface area (TPSA) is 47.9 Å². The summed E-state index contributed by atoms with van der Waals surface area (Å²) in [5.41, 5.74) is 3.75. The Morgan fingerprint density at radius 1 is 1.50 bits per heavy atom. The van der Waals surface area contributed by atoms with Crippen molar-refractivity contribution in [2.45, 2.75) is 26.3 Å². The summed E-state index contributed by atoms with van der Waals surface area (Å²) < 4.78 is 0. The van der Waals surface area contributed by atoms with Gasteiger partial charge in [0.1, 0.15) is 6.04 Å². The van der Waals surface area contributed by atoms with E-state index in [1.807, 2.05) is 0 Å². The summed E-state index contributed by atoms with van der Waals surface area (Å²) in [6, 6.07) is 0.231. The Bertz CT molecular complexity index is 54.5. The fraction of sp³-hybridized carbons (Fsp3) is 1.00. The average Bonchev–Trinajstić information content (AvgIpc) is 1.65. The lowest BCUT2D eigenvalue weighted by Gasteiger charge is -2.06. The molecule has 0 spiro atoms. The summed E-state index contributed by atoms with van der Waals surface area (Å²) in [6.45, 7) is 4.49. The third-order valence-corrected chi connectivity index (χ3v) is 1.06. The highest BCUT2D eigenvalue weighted by molar-refractivity contribution is 4.53. The maximum atomic E-state index is 8.52. The summed E-state index contributed by atoms with van der Waals surface area (Å²) in [5, 5.41) is 8.52. The van der Waals surface area contributed by atoms with E-state index in [4.69, 9.17) is 5.11 Å². The van der Waals surface area contributed by atoms with E-state index < -0.39 is 0 Å². The lowest BCUT2D eigenvalue weighted by molar-refractivity contribution is -0.428. The van der Waals surface area contributed by atoms with Crippen molar-refractivity contribution in [3.05, 3.63) is 0 Å². The number of quaternary nitrogens is 1. The van der Waals surface area contributed by atoms with Crippen molar-refractivity contribution in [2.75, 3.05) is 6.61 Å². The maximum absolute atomic E-state index is 8.52. The molecule has 8 heavy (non-hydrogen) atoms. The first kappa shape index (κ1) is 7.92. The van der Waals surface area contributed by atoms with Crippen LogP contribution in [0.3, 0.4) is 0 Å². The summed E-state index contributed by atoms with van der Waals surface area (Å²) in [7, 11) is 0. The zero-order valence-corrected chi connectivity index (χ0v) is 5.72. The normalized spacial score (nSPS) is 14.6. The molecule has 0 fully saturated rings. The first-order valence-corrected chi connectivity index (χ1v) is 3.10. The minimum atomic E-state index is 0.220. The van der Waals surface area contributed by atoms with Gasteiger partial charge in [0.05, 0.1) is 6.61 Å². The Labute approximate surface area is 50.7 Å². The molecule has 0 aromatic rings. The number of hydrogen-bond acceptors (Lipinski definition) is 1. The van der Waals surface area contributed by atoms with Crippen LogP contribution in [-0.4, -0.2) is 17.8 Å². The molecule has 0 rings (SSSR count). The van der Waals surface area contributed by atoms with Crippen LogP contribution < -0.4 is 5.73 Å². The molecule has 50 valence electrons. The Morgan fingerprint density at radius 3 is 2.12 bits per heavy atom. The highest BCUT2D eigenvalue weighted by Gasteiger charge is 2.05. The van der Waals surface area contributed by atoms with Gasteiger partial charge in [0.25, 0.3) is 0 Å². The third-order valence-electron chi connectivity index (χ3n) is 1.06. The molecule has 0 aromatic carbocycles. The second-order valence-electron chi connectivity index (χ2n) is 2.68. The second kappa shape index (κ2) is 3.87. The van der Waals surface area contributed by atoms with Crippen LogP contribution in [0, 0.1) is 5.92 Å². The Morgan fingerprint density at radius 2 is 2.00 bits per heavy atom. The molecule has 2 heteroatoms. The van der Waals surface area contributed by atoms with Gasteiger partial charge in [0, 0.05) is 6.42 Å². The van der Waals surface area contributed by atoms with Gasteiger partial charge in [-0.3, -0.25) is 0 Å². The predicted octanol–water partition coefficient (Wildman–Crippen LogP) is -0.365. The lowest BCUT2D eigenvalue weighted by Crippen LogP contribution is -2.63. The monoisotopic (exact) mass is 118 g/mol. The van der Waals surface area contributed by atoms with Gasteiger partial charge in [-0.1, -0.05) is 13.8 Å². The number of hydrogen-bond donors (Lipinski definition) is 2. The van der Waals surface area contributed by atoms with Crippen LogP contribution >= 0.6 is 0 Å². The van der Waals surface area contributed by atoms with Crippen molar-refractivity contribution in [1.82, 2.24) is 0 Å². The molecular formula is C6H16NO+. The molecule has 0 radical (unpaired) electrons. The van der Waals surface area contributed by atoms with E-state index in [0.717, 1.165) is 6.42 Å². The molecule has 1 atom stereocenters. The van der Waals surface area contributed by atoms with Gasteiger partial charge >= 0.3 is 0 Å². The van der Waals surface area contributed by atoms with E-state index in [9.17, 15) is 0 Å². The molecule has 0 aliphatic heterocycles. The highest BCUT2D eigenvalue weighted by atomic mass is 16.3. The van der Waals surface area contributed by atoms with Gasteiger partial charge in [-0.25, -0.2) is 0 Å². The van der Waals surface area contributed by atoms with Crippen LogP contribution in [0.1, 0.15) is 20.3 Å². The van der Waals surface area contributed by atoms with Crippen LogP contribution in [0.4, 0.5) is 0 Å². The van der Waals surface area contributed by atoms with Gasteiger partial charge in [-0.15, -0.1) is 0 Å². The van der Waals surface area contributed by atoms with Crippen molar-refractivity contribution in [2.24, 2.45) is 5.92 Å². The Kier molecular flexibility index (Phi) is 3.83. The van der Waals surface area contributed by atoms with Crippen LogP contribution in [0.5, 0.6) is 0 Å². The first-order valence-electron chi connectivity index (χ1n) is 3.10. The van der Waals surface area contributed by atoms with Crippen LogP contribution in [0.25, 0.3) is 0 Å². The molecule has 0 aliphatic carbocycles. The fourth-order valence-electron chi connectivity index (χ4n) is 0.741. The van der Waals surface area contributed by atoms with Gasteiger partial charge in [-0.2, -0.15) is 0 Å². The van der Waals surface area contributed by atoms with Crippen LogP contribution in [-0.2, 0) is 0 Å². The summed E-state index contributed by atoms with van der Waals surface area (Å²) in [6.07, 6.45) is 1.02. The minimum absolute atomic E-state index is 0.220. The van der Waals surface area contributed by atoms with Crippen molar-refractivity contribution >= 4 is 0 Å². The van der Waals surface area contributed by atoms with Gasteiger partial charge in [-0.05, 0) is 5.92 Å². The smallest absolute Gasteiger partial charge is 0.108 e. The van der Waals surface area contributed by atoms with E-state index in [1.54, 1.807) is 0 Å². The van der Waals surface area contributed by atoms with E-state index in [1.165, 1.54) is 0 Å². The lowest BCUT2D eigenvalue weighted by atomic mass is 10.1. The average molecular weight is 118 g/mol. The quantitative estimate of drug-likeness (QED) is 0.522. The predicted molar refractivity (Wildman–Crippen MR) is 33.2 cm³/mol. The van der Waals surface area contributed by atoms with Gasteiger partial charge in [0.2, 0.25) is 0 Å². The fourth-order valence-corrected chi connectivity index (χ4v) is 0.741. The van der Waals surface area contributed by atoms with E-state index in [0.29, 0.717) is 5.92 Å². The molecule has 0 heterocycles. The third kappa shape index (κ3) is 4.09. The number of rotatable bonds is 3. The standard InChI is InChI=1S/C6H15NO/c1-5(2)3-6(7)4-8/h5-6,8H,3-4,7H2,1-2H3/p+1/t6-/m0/s1. The SMILES string of the molecule is CC(C)C[C@H]([NH3+])CO. The zero-order chi connectivity index (χ0) is 6.57. The highest BCUT2D eigenvalue weighted by Crippen LogP contribution is 1.99. The molecule has 0 saturated carbocycles. The molecule has 0 aromatic heterocycles. The van der Waals surface area contributed by atoms with Crippen molar-refractivity contribution in [1.29, 1.82) is 0 Å². The van der Waals surface area contributed by atoms with Gasteiger partial charge < -0.3 is 10.8 Å². The minimum Gasteiger partial charge on any atom is -0.390 e. The van der Waals surface area contributed by atoms with E-state index in [-0.39, 0.29) is 12.6 Å². The molecular weight excluding hydrogens is 102 g/mol. The molecule has 0 unspecified atom stereocenters. The Balaban J connectivity index is 3.10. The van der Waals surface area contributed by atoms with Crippen molar-refractivity contribution in [3.63, 3.8) is 0 Å². The second-order valence-corrected chi connectivity index (χ2v) is 2.68. The molecule has 0 aliphatic rings. The number of aliphatic hydroxyl groups is 1. The molecule has 0 bridgehead atoms. The summed E-state index contributed by atoms with van der Waals surface area (Å²) in [4.78, 5) is 0. The zero-order valence-electron chi connectivity index (χ0n) is 5.72. The molecule has 0 saturated heterocycles. The van der Waals surface area contributed by atoms with E-state index in [2.05, 4.69) is 19.6 Å². The summed E-state index contributed by atoms with van der Waals surface area (Å²) in [5.74, 6) is 0.657. The van der Waals surface area contributed by atoms with E-state index >= 15 is 0 Å². The molecule has 2 nitrogen and oxygen atoms in total. The Hall–Kier alpha value is -0.0800. The maximum Gasteiger partial charge on any atom is 0.108 e. The van der Waals surface area contributed by atoms with Crippen molar-refractivity contribution < 1.29 is 10.8 Å². The number of aliphatic hydroxyl groups excluding tert-OH is 1. The van der Waals surface area contributed by atoms with Crippen molar-refractivity contribution in [3.8, 4) is 0 Å². The van der Waals surface area contributed by atoms with Crippen LogP contribution in [0.15, 0.2) is 0 Å².